The van der Waals surface area contributed by atoms with Gasteiger partial charge in [-0.2, -0.15) is 0 Å². The van der Waals surface area contributed by atoms with Crippen molar-refractivity contribution in [3.63, 3.8) is 0 Å². The number of aromatic nitrogens is 2. The van der Waals surface area contributed by atoms with Crippen molar-refractivity contribution in [2.75, 3.05) is 0 Å². The number of hydrogen-bond acceptors (Lipinski definition) is 3. The Bertz CT molecular complexity index is 2260. The number of rotatable bonds is 4. The van der Waals surface area contributed by atoms with Gasteiger partial charge in [0.1, 0.15) is 5.44 Å². The zero-order valence-electron chi connectivity index (χ0n) is 22.7. The van der Waals surface area contributed by atoms with E-state index in [-0.39, 0.29) is 0 Å². The van der Waals surface area contributed by atoms with Crippen LogP contribution in [0.1, 0.15) is 0 Å². The predicted octanol–water partition coefficient (Wildman–Crippen LogP) is 8.40. The van der Waals surface area contributed by atoms with Crippen LogP contribution in [0.4, 0.5) is 0 Å². The maximum absolute atomic E-state index is 15.7. The van der Waals surface area contributed by atoms with Crippen molar-refractivity contribution in [1.29, 1.82) is 0 Å². The summed E-state index contributed by atoms with van der Waals surface area (Å²) in [6, 6.07) is 51.0. The van der Waals surface area contributed by atoms with Crippen LogP contribution in [-0.2, 0) is 4.57 Å². The van der Waals surface area contributed by atoms with Gasteiger partial charge in [0.05, 0.1) is 16.7 Å². The molecule has 8 aromatic rings. The third kappa shape index (κ3) is 4.02. The topological polar surface area (TPSA) is 42.9 Å². The van der Waals surface area contributed by atoms with E-state index in [2.05, 4.69) is 78.9 Å². The number of nitrogens with zero attached hydrogens (tertiary/aromatic N) is 2. The monoisotopic (exact) mass is 556 g/mol. The summed E-state index contributed by atoms with van der Waals surface area (Å²) in [6.07, 6.45) is 0. The Morgan fingerprint density at radius 3 is 1.50 bits per heavy atom. The van der Waals surface area contributed by atoms with E-state index < -0.39 is 7.14 Å². The van der Waals surface area contributed by atoms with Crippen molar-refractivity contribution in [1.82, 2.24) is 9.97 Å². The fraction of sp³-hybridized carbons (Fsp3) is 0. The molecule has 0 saturated heterocycles. The summed E-state index contributed by atoms with van der Waals surface area (Å²) < 4.78 is 15.7. The Morgan fingerprint density at radius 1 is 0.405 bits per heavy atom. The second kappa shape index (κ2) is 9.76. The van der Waals surface area contributed by atoms with Crippen LogP contribution >= 0.6 is 7.14 Å². The van der Waals surface area contributed by atoms with Gasteiger partial charge in [-0.05, 0) is 45.8 Å². The summed E-state index contributed by atoms with van der Waals surface area (Å²) in [4.78, 5) is 10.3. The van der Waals surface area contributed by atoms with Gasteiger partial charge in [-0.3, -0.25) is 0 Å². The minimum Gasteiger partial charge on any atom is -0.307 e. The van der Waals surface area contributed by atoms with E-state index in [4.69, 9.17) is 9.97 Å². The Kier molecular flexibility index (Phi) is 5.73. The molecule has 0 bridgehead atoms. The first-order valence-electron chi connectivity index (χ1n) is 14.0. The Balaban J connectivity index is 1.40. The minimum absolute atomic E-state index is 0.556. The number of benzene rings is 6. The first-order valence-corrected chi connectivity index (χ1v) is 15.7. The van der Waals surface area contributed by atoms with Gasteiger partial charge in [-0.1, -0.05) is 127 Å². The fourth-order valence-corrected chi connectivity index (χ4v) is 8.42. The fourth-order valence-electron chi connectivity index (χ4n) is 5.86. The summed E-state index contributed by atoms with van der Waals surface area (Å²) in [5.41, 5.74) is 4.05. The standard InChI is InChI=1S/C38H25N2OP/c41-42(33-20-16-26-8-4-6-12-31(26)24-33,34-21-17-27-9-5-7-13-32(27)25-34)36-23-19-30-15-14-29-18-22-35(28-10-2-1-3-11-28)39-37(29)38(30)40-36/h1-25H. The van der Waals surface area contributed by atoms with E-state index in [0.717, 1.165) is 65.2 Å². The normalized spacial score (nSPS) is 11.9. The molecule has 0 atom stereocenters. The molecule has 198 valence electrons. The molecule has 42 heavy (non-hydrogen) atoms. The molecular formula is C38H25N2OP. The van der Waals surface area contributed by atoms with Gasteiger partial charge in [-0.25, -0.2) is 9.97 Å². The average molecular weight is 557 g/mol. The van der Waals surface area contributed by atoms with Crippen LogP contribution < -0.4 is 16.0 Å². The highest BCUT2D eigenvalue weighted by Gasteiger charge is 2.32. The van der Waals surface area contributed by atoms with Crippen molar-refractivity contribution in [2.24, 2.45) is 0 Å². The minimum atomic E-state index is -3.38. The lowest BCUT2D eigenvalue weighted by atomic mass is 10.1. The zero-order valence-corrected chi connectivity index (χ0v) is 23.6. The smallest absolute Gasteiger partial charge is 0.188 e. The Labute approximate surface area is 243 Å². The molecule has 0 unspecified atom stereocenters. The van der Waals surface area contributed by atoms with Gasteiger partial charge < -0.3 is 4.57 Å². The quantitative estimate of drug-likeness (QED) is 0.162. The van der Waals surface area contributed by atoms with Gasteiger partial charge in [-0.15, -0.1) is 0 Å². The molecule has 0 N–H and O–H groups in total. The highest BCUT2D eigenvalue weighted by molar-refractivity contribution is 7.85. The second-order valence-electron chi connectivity index (χ2n) is 10.6. The summed E-state index contributed by atoms with van der Waals surface area (Å²) in [6.45, 7) is 0. The Hall–Kier alpha value is -5.11. The first-order chi connectivity index (χ1) is 20.7. The van der Waals surface area contributed by atoms with Crippen LogP contribution in [0.2, 0.25) is 0 Å². The third-order valence-corrected chi connectivity index (χ3v) is 11.0. The van der Waals surface area contributed by atoms with Gasteiger partial charge in [0.25, 0.3) is 0 Å². The molecule has 6 aromatic carbocycles. The lowest BCUT2D eigenvalue weighted by molar-refractivity contribution is 0.592. The van der Waals surface area contributed by atoms with Gasteiger partial charge in [0, 0.05) is 26.9 Å². The summed E-state index contributed by atoms with van der Waals surface area (Å²) >= 11 is 0. The van der Waals surface area contributed by atoms with Crippen LogP contribution in [0.25, 0.3) is 54.6 Å². The van der Waals surface area contributed by atoms with E-state index >= 15 is 4.57 Å². The van der Waals surface area contributed by atoms with E-state index in [0.29, 0.717) is 5.44 Å². The van der Waals surface area contributed by atoms with Gasteiger partial charge >= 0.3 is 0 Å². The van der Waals surface area contributed by atoms with Gasteiger partial charge in [0.15, 0.2) is 7.14 Å². The molecule has 4 heteroatoms. The van der Waals surface area contributed by atoms with Gasteiger partial charge in [0.2, 0.25) is 0 Å². The van der Waals surface area contributed by atoms with Crippen LogP contribution in [0, 0.1) is 0 Å². The van der Waals surface area contributed by atoms with E-state index in [1.165, 1.54) is 0 Å². The number of pyridine rings is 2. The number of fused-ring (bicyclic) bond motifs is 5. The average Bonchev–Trinajstić information content (AvgIpc) is 3.07. The second-order valence-corrected chi connectivity index (χ2v) is 13.3. The molecule has 2 heterocycles. The lowest BCUT2D eigenvalue weighted by Gasteiger charge is -2.21. The highest BCUT2D eigenvalue weighted by atomic mass is 31.2. The van der Waals surface area contributed by atoms with E-state index in [9.17, 15) is 0 Å². The molecule has 0 amide bonds. The van der Waals surface area contributed by atoms with Crippen molar-refractivity contribution < 1.29 is 4.57 Å². The van der Waals surface area contributed by atoms with E-state index in [1.54, 1.807) is 0 Å². The molecule has 0 radical (unpaired) electrons. The molecule has 0 aliphatic rings. The highest BCUT2D eigenvalue weighted by Crippen LogP contribution is 2.43. The maximum atomic E-state index is 15.7. The molecule has 0 aliphatic carbocycles. The molecule has 3 nitrogen and oxygen atoms in total. The van der Waals surface area contributed by atoms with Crippen LogP contribution in [0.15, 0.2) is 152 Å². The van der Waals surface area contributed by atoms with Crippen LogP contribution in [0.3, 0.4) is 0 Å². The predicted molar refractivity (Wildman–Crippen MR) is 177 cm³/mol. The van der Waals surface area contributed by atoms with Crippen molar-refractivity contribution in [2.45, 2.75) is 0 Å². The summed E-state index contributed by atoms with van der Waals surface area (Å²) in [5, 5.41) is 7.82. The van der Waals surface area contributed by atoms with Crippen molar-refractivity contribution in [3.05, 3.63) is 152 Å². The molecule has 0 spiro atoms. The largest absolute Gasteiger partial charge is 0.307 e. The summed E-state index contributed by atoms with van der Waals surface area (Å²) in [7, 11) is -3.38. The van der Waals surface area contributed by atoms with E-state index in [1.807, 2.05) is 72.8 Å². The maximum Gasteiger partial charge on any atom is 0.188 e. The molecule has 0 fully saturated rings. The third-order valence-electron chi connectivity index (χ3n) is 8.09. The first kappa shape index (κ1) is 24.7. The Morgan fingerprint density at radius 2 is 0.881 bits per heavy atom. The molecular weight excluding hydrogens is 531 g/mol. The van der Waals surface area contributed by atoms with Crippen LogP contribution in [0.5, 0.6) is 0 Å². The molecule has 0 aliphatic heterocycles. The molecule has 8 rings (SSSR count). The van der Waals surface area contributed by atoms with Crippen molar-refractivity contribution in [3.8, 4) is 11.3 Å². The van der Waals surface area contributed by atoms with Crippen LogP contribution in [-0.4, -0.2) is 9.97 Å². The molecule has 2 aromatic heterocycles. The molecule has 0 saturated carbocycles. The number of hydrogen-bond donors (Lipinski definition) is 0. The SMILES string of the molecule is O=P(c1ccc2ccccc2c1)(c1ccc2ccccc2c1)c1ccc2ccc3ccc(-c4ccccc4)nc3c2n1. The van der Waals surface area contributed by atoms with Crippen molar-refractivity contribution >= 4 is 66.5 Å². The lowest BCUT2D eigenvalue weighted by Crippen LogP contribution is -2.27. The summed E-state index contributed by atoms with van der Waals surface area (Å²) in [5.74, 6) is 0. The zero-order chi connectivity index (χ0) is 28.1.